The van der Waals surface area contributed by atoms with E-state index in [1.165, 1.54) is 0 Å². The number of sulfonamides is 1. The predicted molar refractivity (Wildman–Crippen MR) is 79.7 cm³/mol. The van der Waals surface area contributed by atoms with Gasteiger partial charge in [-0.25, -0.2) is 13.1 Å². The van der Waals surface area contributed by atoms with Gasteiger partial charge in [-0.15, -0.1) is 0 Å². The van der Waals surface area contributed by atoms with Crippen LogP contribution >= 0.6 is 0 Å². The highest BCUT2D eigenvalue weighted by Crippen LogP contribution is 2.01. The minimum absolute atomic E-state index is 0.293. The lowest BCUT2D eigenvalue weighted by Gasteiger charge is -2.16. The first-order chi connectivity index (χ1) is 8.92. The SMILES string of the molecule is CC(C)NCC(C)S(=O)(=O)NCCc1ccccc1. The highest BCUT2D eigenvalue weighted by Gasteiger charge is 2.19. The Morgan fingerprint density at radius 2 is 1.74 bits per heavy atom. The maximum atomic E-state index is 12.0. The summed E-state index contributed by atoms with van der Waals surface area (Å²) < 4.78 is 26.6. The Morgan fingerprint density at radius 3 is 2.32 bits per heavy atom. The fraction of sp³-hybridized carbons (Fsp3) is 0.571. The van der Waals surface area contributed by atoms with Gasteiger partial charge in [0.15, 0.2) is 0 Å². The zero-order chi connectivity index (χ0) is 14.3. The first kappa shape index (κ1) is 16.1. The van der Waals surface area contributed by atoms with E-state index in [0.717, 1.165) is 5.56 Å². The molecule has 0 heterocycles. The number of hydrogen-bond donors (Lipinski definition) is 2. The van der Waals surface area contributed by atoms with Crippen LogP contribution in [0.25, 0.3) is 0 Å². The van der Waals surface area contributed by atoms with Gasteiger partial charge in [0.2, 0.25) is 10.0 Å². The molecule has 0 spiro atoms. The van der Waals surface area contributed by atoms with E-state index in [2.05, 4.69) is 10.0 Å². The van der Waals surface area contributed by atoms with E-state index >= 15 is 0 Å². The van der Waals surface area contributed by atoms with Crippen molar-refractivity contribution < 1.29 is 8.42 Å². The highest BCUT2D eigenvalue weighted by atomic mass is 32.2. The van der Waals surface area contributed by atoms with E-state index in [-0.39, 0.29) is 0 Å². The third-order valence-corrected chi connectivity index (χ3v) is 4.74. The lowest BCUT2D eigenvalue weighted by atomic mass is 10.2. The first-order valence-electron chi connectivity index (χ1n) is 6.67. The summed E-state index contributed by atoms with van der Waals surface area (Å²) in [6, 6.07) is 10.2. The summed E-state index contributed by atoms with van der Waals surface area (Å²) in [5.74, 6) is 0. The van der Waals surface area contributed by atoms with Gasteiger partial charge in [0.25, 0.3) is 0 Å². The summed E-state index contributed by atoms with van der Waals surface area (Å²) in [5, 5.41) is 2.71. The van der Waals surface area contributed by atoms with Crippen LogP contribution in [0.4, 0.5) is 0 Å². The minimum Gasteiger partial charge on any atom is -0.313 e. The van der Waals surface area contributed by atoms with Crippen LogP contribution in [-0.2, 0) is 16.4 Å². The van der Waals surface area contributed by atoms with E-state index in [1.54, 1.807) is 6.92 Å². The van der Waals surface area contributed by atoms with Gasteiger partial charge >= 0.3 is 0 Å². The molecule has 0 aliphatic rings. The quantitative estimate of drug-likeness (QED) is 0.761. The second kappa shape index (κ2) is 7.62. The van der Waals surface area contributed by atoms with E-state index in [9.17, 15) is 8.42 Å². The Bertz CT molecular complexity index is 458. The van der Waals surface area contributed by atoms with Crippen LogP contribution in [0.15, 0.2) is 30.3 Å². The number of benzene rings is 1. The predicted octanol–water partition coefficient (Wildman–Crippen LogP) is 1.53. The molecule has 1 rings (SSSR count). The molecule has 0 bridgehead atoms. The van der Waals surface area contributed by atoms with Gasteiger partial charge in [-0.1, -0.05) is 44.2 Å². The largest absolute Gasteiger partial charge is 0.313 e. The second-order valence-electron chi connectivity index (χ2n) is 5.05. The molecule has 1 unspecified atom stereocenters. The van der Waals surface area contributed by atoms with Crippen LogP contribution in [0.5, 0.6) is 0 Å². The van der Waals surface area contributed by atoms with Crippen LogP contribution in [0, 0.1) is 0 Å². The first-order valence-corrected chi connectivity index (χ1v) is 8.22. The van der Waals surface area contributed by atoms with Gasteiger partial charge in [-0.3, -0.25) is 0 Å². The van der Waals surface area contributed by atoms with Crippen LogP contribution < -0.4 is 10.0 Å². The standard InChI is InChI=1S/C14H24N2O2S/c1-12(2)15-11-13(3)19(17,18)16-10-9-14-7-5-4-6-8-14/h4-8,12-13,15-16H,9-11H2,1-3H3. The second-order valence-corrected chi connectivity index (χ2v) is 7.23. The molecule has 0 saturated heterocycles. The fourth-order valence-corrected chi connectivity index (χ4v) is 2.62. The molecular formula is C14H24N2O2S. The smallest absolute Gasteiger partial charge is 0.215 e. The molecule has 0 aliphatic carbocycles. The average molecular weight is 284 g/mol. The van der Waals surface area contributed by atoms with E-state index < -0.39 is 15.3 Å². The lowest BCUT2D eigenvalue weighted by molar-refractivity contribution is 0.541. The van der Waals surface area contributed by atoms with Crippen molar-refractivity contribution in [2.24, 2.45) is 0 Å². The number of nitrogens with one attached hydrogen (secondary N) is 2. The van der Waals surface area contributed by atoms with E-state index in [0.29, 0.717) is 25.6 Å². The Kier molecular flexibility index (Phi) is 6.48. The molecule has 5 heteroatoms. The van der Waals surface area contributed by atoms with E-state index in [4.69, 9.17) is 0 Å². The molecule has 0 aliphatic heterocycles. The van der Waals surface area contributed by atoms with Crippen LogP contribution in [0.1, 0.15) is 26.3 Å². The maximum absolute atomic E-state index is 12.0. The van der Waals surface area contributed by atoms with Crippen molar-refractivity contribution in [3.05, 3.63) is 35.9 Å². The Balaban J connectivity index is 2.38. The summed E-state index contributed by atoms with van der Waals surface area (Å²) in [4.78, 5) is 0. The molecule has 1 atom stereocenters. The molecule has 0 radical (unpaired) electrons. The monoisotopic (exact) mass is 284 g/mol. The van der Waals surface area contributed by atoms with Gasteiger partial charge in [0.05, 0.1) is 5.25 Å². The van der Waals surface area contributed by atoms with Crippen molar-refractivity contribution in [1.29, 1.82) is 0 Å². The lowest BCUT2D eigenvalue weighted by Crippen LogP contribution is -2.41. The zero-order valence-corrected chi connectivity index (χ0v) is 12.7. The summed E-state index contributed by atoms with van der Waals surface area (Å²) in [7, 11) is -3.24. The van der Waals surface area contributed by atoms with E-state index in [1.807, 2.05) is 44.2 Å². The third kappa shape index (κ3) is 6.18. The van der Waals surface area contributed by atoms with Crippen LogP contribution in [0.2, 0.25) is 0 Å². The van der Waals surface area contributed by atoms with Crippen molar-refractivity contribution in [2.45, 2.75) is 38.5 Å². The van der Waals surface area contributed by atoms with Gasteiger partial charge in [-0.2, -0.15) is 0 Å². The highest BCUT2D eigenvalue weighted by molar-refractivity contribution is 7.90. The van der Waals surface area contributed by atoms with Crippen molar-refractivity contribution in [1.82, 2.24) is 10.0 Å². The topological polar surface area (TPSA) is 58.2 Å². The summed E-state index contributed by atoms with van der Waals surface area (Å²) >= 11 is 0. The van der Waals surface area contributed by atoms with Gasteiger partial charge in [0.1, 0.15) is 0 Å². The van der Waals surface area contributed by atoms with Crippen molar-refractivity contribution >= 4 is 10.0 Å². The van der Waals surface area contributed by atoms with Crippen molar-refractivity contribution in [3.8, 4) is 0 Å². The molecule has 0 amide bonds. The minimum atomic E-state index is -3.24. The molecule has 4 nitrogen and oxygen atoms in total. The maximum Gasteiger partial charge on any atom is 0.215 e. The molecular weight excluding hydrogens is 260 g/mol. The molecule has 108 valence electrons. The fourth-order valence-electron chi connectivity index (χ4n) is 1.64. The summed E-state index contributed by atoms with van der Waals surface area (Å²) in [5.41, 5.74) is 1.14. The molecule has 1 aromatic carbocycles. The zero-order valence-electron chi connectivity index (χ0n) is 11.9. The van der Waals surface area contributed by atoms with Gasteiger partial charge < -0.3 is 5.32 Å². The summed E-state index contributed by atoms with van der Waals surface area (Å²) in [6.07, 6.45) is 0.713. The Morgan fingerprint density at radius 1 is 1.11 bits per heavy atom. The number of rotatable bonds is 8. The van der Waals surface area contributed by atoms with Crippen molar-refractivity contribution in [2.75, 3.05) is 13.1 Å². The molecule has 19 heavy (non-hydrogen) atoms. The molecule has 0 saturated carbocycles. The van der Waals surface area contributed by atoms with Gasteiger partial charge in [0, 0.05) is 19.1 Å². The van der Waals surface area contributed by atoms with Crippen LogP contribution in [0.3, 0.4) is 0 Å². The van der Waals surface area contributed by atoms with Gasteiger partial charge in [-0.05, 0) is 18.9 Å². The summed E-state index contributed by atoms with van der Waals surface area (Å²) in [6.45, 7) is 6.64. The average Bonchev–Trinajstić information content (AvgIpc) is 2.36. The Hall–Kier alpha value is -0.910. The number of hydrogen-bond acceptors (Lipinski definition) is 3. The molecule has 1 aromatic rings. The normalized spacial score (nSPS) is 13.7. The Labute approximate surface area is 116 Å². The molecule has 0 aromatic heterocycles. The molecule has 2 N–H and O–H groups in total. The third-order valence-electron chi connectivity index (χ3n) is 2.90. The van der Waals surface area contributed by atoms with Crippen molar-refractivity contribution in [3.63, 3.8) is 0 Å². The van der Waals surface area contributed by atoms with Crippen LogP contribution in [-0.4, -0.2) is 32.8 Å². The molecule has 0 fully saturated rings.